The molecule has 0 bridgehead atoms. The summed E-state index contributed by atoms with van der Waals surface area (Å²) >= 11 is 0. The van der Waals surface area contributed by atoms with Gasteiger partial charge in [-0.25, -0.2) is 9.13 Å². The zero-order chi connectivity index (χ0) is 70.0. The van der Waals surface area contributed by atoms with E-state index in [2.05, 4.69) is 41.5 Å². The highest BCUT2D eigenvalue weighted by molar-refractivity contribution is 7.47. The molecule has 0 heterocycles. The second-order valence-corrected chi connectivity index (χ2v) is 30.8. The van der Waals surface area contributed by atoms with Gasteiger partial charge >= 0.3 is 39.5 Å². The standard InChI is InChI=1S/C76H148O17P2/c1-7-11-13-15-17-19-21-23-24-25-26-27-28-29-31-33-42-48-54-60-75(80)92-71(65-87-74(79)59-53-47-41-36-34-38-44-50-56-68(5)9-3)66-90-94(82,83)88-62-70(77)63-89-95(84,85)91-67-72(93-76(81)61-55-49-43-37-35-39-45-51-57-69(6)10-4)64-86-73(78)58-52-46-40-32-30-22-20-18-16-14-12-8-2/h68-72,77H,7-67H2,1-6H3,(H,82,83)(H,84,85)/t68?,69?,70-,71-,72-/m1/s1. The van der Waals surface area contributed by atoms with Gasteiger partial charge in [0.1, 0.15) is 19.3 Å². The van der Waals surface area contributed by atoms with Gasteiger partial charge in [0.25, 0.3) is 0 Å². The van der Waals surface area contributed by atoms with E-state index in [-0.39, 0.29) is 25.7 Å². The lowest BCUT2D eigenvalue weighted by Gasteiger charge is -2.21. The number of esters is 4. The molecule has 0 saturated heterocycles. The van der Waals surface area contributed by atoms with Gasteiger partial charge in [0.15, 0.2) is 12.2 Å². The van der Waals surface area contributed by atoms with Crippen molar-refractivity contribution in [2.75, 3.05) is 39.6 Å². The molecule has 17 nitrogen and oxygen atoms in total. The van der Waals surface area contributed by atoms with E-state index in [1.165, 1.54) is 212 Å². The number of unbranched alkanes of at least 4 members (excludes halogenated alkanes) is 43. The summed E-state index contributed by atoms with van der Waals surface area (Å²) in [5, 5.41) is 10.6. The monoisotopic (exact) mass is 1400 g/mol. The van der Waals surface area contributed by atoms with Gasteiger partial charge in [-0.1, -0.05) is 343 Å². The van der Waals surface area contributed by atoms with Crippen LogP contribution < -0.4 is 0 Å². The largest absolute Gasteiger partial charge is 0.472 e. The molecular weight excluding hydrogens is 1250 g/mol. The minimum atomic E-state index is -4.96. The number of phosphoric ester groups is 2. The van der Waals surface area contributed by atoms with E-state index >= 15 is 0 Å². The van der Waals surface area contributed by atoms with Crippen molar-refractivity contribution in [3.05, 3.63) is 0 Å². The van der Waals surface area contributed by atoms with E-state index < -0.39 is 97.5 Å². The Balaban J connectivity index is 5.24. The summed E-state index contributed by atoms with van der Waals surface area (Å²) in [6.07, 6.45) is 55.4. The average Bonchev–Trinajstić information content (AvgIpc) is 1.29. The lowest BCUT2D eigenvalue weighted by atomic mass is 9.99. The summed E-state index contributed by atoms with van der Waals surface area (Å²) in [4.78, 5) is 72.8. The number of rotatable bonds is 75. The Hall–Kier alpha value is -1.94. The molecule has 564 valence electrons. The number of ether oxygens (including phenoxy) is 4. The van der Waals surface area contributed by atoms with Crippen molar-refractivity contribution in [1.82, 2.24) is 0 Å². The molecule has 0 aliphatic rings. The first-order chi connectivity index (χ1) is 45.9. The molecule has 0 rings (SSSR count). The highest BCUT2D eigenvalue weighted by Gasteiger charge is 2.30. The van der Waals surface area contributed by atoms with Crippen molar-refractivity contribution in [1.29, 1.82) is 0 Å². The Morgan fingerprint density at radius 3 is 0.747 bits per heavy atom. The predicted octanol–water partition coefficient (Wildman–Crippen LogP) is 22.3. The van der Waals surface area contributed by atoms with E-state index in [0.29, 0.717) is 25.7 Å². The molecule has 3 N–H and O–H groups in total. The van der Waals surface area contributed by atoms with Crippen LogP contribution in [0.4, 0.5) is 0 Å². The van der Waals surface area contributed by atoms with Gasteiger partial charge < -0.3 is 33.8 Å². The molecule has 0 aliphatic carbocycles. The lowest BCUT2D eigenvalue weighted by Crippen LogP contribution is -2.30. The van der Waals surface area contributed by atoms with Gasteiger partial charge in [0, 0.05) is 25.7 Å². The van der Waals surface area contributed by atoms with Gasteiger partial charge in [-0.05, 0) is 37.5 Å². The van der Waals surface area contributed by atoms with Crippen LogP contribution in [-0.2, 0) is 65.4 Å². The maximum Gasteiger partial charge on any atom is 0.472 e. The molecule has 0 amide bonds. The van der Waals surface area contributed by atoms with Crippen molar-refractivity contribution < 1.29 is 80.2 Å². The molecule has 0 aromatic rings. The van der Waals surface area contributed by atoms with Gasteiger partial charge in [0.2, 0.25) is 0 Å². The third-order valence-corrected chi connectivity index (χ3v) is 20.3. The van der Waals surface area contributed by atoms with Crippen LogP contribution in [0.5, 0.6) is 0 Å². The number of aliphatic hydroxyl groups is 1. The first-order valence-corrected chi connectivity index (χ1v) is 42.6. The molecule has 0 radical (unpaired) electrons. The van der Waals surface area contributed by atoms with Crippen LogP contribution in [0.15, 0.2) is 0 Å². The zero-order valence-electron chi connectivity index (χ0n) is 62.0. The molecule has 7 atom stereocenters. The van der Waals surface area contributed by atoms with Crippen molar-refractivity contribution in [3.8, 4) is 0 Å². The highest BCUT2D eigenvalue weighted by Crippen LogP contribution is 2.45. The van der Waals surface area contributed by atoms with Crippen LogP contribution >= 0.6 is 15.6 Å². The van der Waals surface area contributed by atoms with Crippen LogP contribution in [0.3, 0.4) is 0 Å². The fraction of sp³-hybridized carbons (Fsp3) is 0.947. The molecular formula is C76H148O17P2. The molecule has 0 aromatic carbocycles. The molecule has 4 unspecified atom stereocenters. The zero-order valence-corrected chi connectivity index (χ0v) is 63.8. The van der Waals surface area contributed by atoms with Crippen LogP contribution in [0, 0.1) is 11.8 Å². The minimum Gasteiger partial charge on any atom is -0.462 e. The summed E-state index contributed by atoms with van der Waals surface area (Å²) in [5.41, 5.74) is 0. The fourth-order valence-electron chi connectivity index (χ4n) is 11.6. The minimum absolute atomic E-state index is 0.105. The Kier molecular flexibility index (Phi) is 66.5. The molecule has 19 heteroatoms. The second kappa shape index (κ2) is 67.9. The van der Waals surface area contributed by atoms with Crippen molar-refractivity contribution in [2.24, 2.45) is 11.8 Å². The van der Waals surface area contributed by atoms with E-state index in [4.69, 9.17) is 37.0 Å². The average molecular weight is 1400 g/mol. The summed E-state index contributed by atoms with van der Waals surface area (Å²) in [6.45, 7) is 9.60. The smallest absolute Gasteiger partial charge is 0.462 e. The Morgan fingerprint density at radius 2 is 0.505 bits per heavy atom. The topological polar surface area (TPSA) is 237 Å². The van der Waals surface area contributed by atoms with Gasteiger partial charge in [0.05, 0.1) is 26.4 Å². The van der Waals surface area contributed by atoms with E-state index in [9.17, 15) is 43.2 Å². The number of hydrogen-bond acceptors (Lipinski definition) is 15. The fourth-order valence-corrected chi connectivity index (χ4v) is 13.2. The van der Waals surface area contributed by atoms with Gasteiger partial charge in [-0.2, -0.15) is 0 Å². The summed E-state index contributed by atoms with van der Waals surface area (Å²) < 4.78 is 68.5. The van der Waals surface area contributed by atoms with Gasteiger partial charge in [-0.15, -0.1) is 0 Å². The van der Waals surface area contributed by atoms with Crippen LogP contribution in [0.2, 0.25) is 0 Å². The molecule has 0 aromatic heterocycles. The quantitative estimate of drug-likeness (QED) is 0.0222. The third-order valence-electron chi connectivity index (χ3n) is 18.4. The molecule has 0 fully saturated rings. The summed E-state index contributed by atoms with van der Waals surface area (Å²) in [7, 11) is -9.91. The first kappa shape index (κ1) is 93.1. The Bertz CT molecular complexity index is 1840. The molecule has 0 spiro atoms. The normalized spacial score (nSPS) is 14.6. The number of carbonyl (C=O) groups is 4. The number of aliphatic hydroxyl groups excluding tert-OH is 1. The number of carbonyl (C=O) groups excluding carboxylic acids is 4. The third kappa shape index (κ3) is 67.6. The predicted molar refractivity (Wildman–Crippen MR) is 386 cm³/mol. The number of phosphoric acid groups is 2. The maximum absolute atomic E-state index is 13.1. The van der Waals surface area contributed by atoms with Crippen LogP contribution in [-0.4, -0.2) is 96.7 Å². The summed E-state index contributed by atoms with van der Waals surface area (Å²) in [6, 6.07) is 0. The SMILES string of the molecule is CCCCCCCCCCCCCCCCCCCCCC(=O)O[C@H](COC(=O)CCCCCCCCCCC(C)CC)COP(=O)(O)OC[C@@H](O)COP(=O)(O)OC[C@@H](COC(=O)CCCCCCCCCCCCCC)OC(=O)CCCCCCCCCCC(C)CC. The number of hydrogen-bond donors (Lipinski definition) is 3. The van der Waals surface area contributed by atoms with Crippen molar-refractivity contribution in [3.63, 3.8) is 0 Å². The first-order valence-electron chi connectivity index (χ1n) is 39.6. The van der Waals surface area contributed by atoms with E-state index in [1.54, 1.807) is 0 Å². The lowest BCUT2D eigenvalue weighted by molar-refractivity contribution is -0.161. The molecule has 95 heavy (non-hydrogen) atoms. The second-order valence-electron chi connectivity index (χ2n) is 27.9. The van der Waals surface area contributed by atoms with Crippen molar-refractivity contribution >= 4 is 39.5 Å². The Labute approximate surface area is 581 Å². The van der Waals surface area contributed by atoms with E-state index in [1.807, 2.05) is 0 Å². The molecule has 0 saturated carbocycles. The maximum atomic E-state index is 13.1. The van der Waals surface area contributed by atoms with Crippen molar-refractivity contribution in [2.45, 2.75) is 413 Å². The summed E-state index contributed by atoms with van der Waals surface area (Å²) in [5.74, 6) is -0.570. The van der Waals surface area contributed by atoms with Gasteiger partial charge in [-0.3, -0.25) is 37.3 Å². The van der Waals surface area contributed by atoms with Crippen LogP contribution in [0.1, 0.15) is 395 Å². The van der Waals surface area contributed by atoms with Crippen LogP contribution in [0.25, 0.3) is 0 Å². The molecule has 0 aliphatic heterocycles. The highest BCUT2D eigenvalue weighted by atomic mass is 31.2. The Morgan fingerprint density at radius 1 is 0.295 bits per heavy atom. The van der Waals surface area contributed by atoms with E-state index in [0.717, 1.165) is 102 Å².